The van der Waals surface area contributed by atoms with Crippen molar-refractivity contribution in [1.29, 1.82) is 0 Å². The summed E-state index contributed by atoms with van der Waals surface area (Å²) in [5.74, 6) is 0. The van der Waals surface area contributed by atoms with Crippen LogP contribution in [0.3, 0.4) is 0 Å². The average molecular weight is 215 g/mol. The molecule has 14 heavy (non-hydrogen) atoms. The molecule has 1 aromatic rings. The van der Waals surface area contributed by atoms with Crippen molar-refractivity contribution >= 4 is 11.3 Å². The van der Waals surface area contributed by atoms with E-state index < -0.39 is 0 Å². The van der Waals surface area contributed by atoms with Crippen molar-refractivity contribution in [1.82, 2.24) is 5.32 Å². The Hall–Kier alpha value is -0.420. The molecular weight excluding hydrogens is 198 g/mol. The third-order valence-corrected chi connectivity index (χ3v) is 2.81. The van der Waals surface area contributed by atoms with Crippen LogP contribution in [0, 0.1) is 0 Å². The molecule has 0 radical (unpaired) electrons. The third-order valence-electron chi connectivity index (χ3n) is 2.08. The van der Waals surface area contributed by atoms with Crippen molar-refractivity contribution in [3.8, 4) is 0 Å². The van der Waals surface area contributed by atoms with Gasteiger partial charge in [0.2, 0.25) is 0 Å². The molecular formula is C10H17NO2S. The van der Waals surface area contributed by atoms with Crippen molar-refractivity contribution in [3.63, 3.8) is 0 Å². The van der Waals surface area contributed by atoms with E-state index in [1.165, 1.54) is 5.56 Å². The van der Waals surface area contributed by atoms with E-state index in [2.05, 4.69) is 22.1 Å². The summed E-state index contributed by atoms with van der Waals surface area (Å²) in [7, 11) is 3.30. The Morgan fingerprint density at radius 2 is 2.14 bits per heavy atom. The number of nitrogens with one attached hydrogen (secondary N) is 1. The number of hydrogen-bond donors (Lipinski definition) is 1. The summed E-state index contributed by atoms with van der Waals surface area (Å²) in [6, 6.07) is 2.30. The van der Waals surface area contributed by atoms with Crippen molar-refractivity contribution < 1.29 is 9.47 Å². The Labute approximate surface area is 89.0 Å². The van der Waals surface area contributed by atoms with E-state index in [-0.39, 0.29) is 12.3 Å². The van der Waals surface area contributed by atoms with E-state index in [0.29, 0.717) is 0 Å². The highest BCUT2D eigenvalue weighted by molar-refractivity contribution is 7.07. The predicted molar refractivity (Wildman–Crippen MR) is 58.4 cm³/mol. The van der Waals surface area contributed by atoms with Gasteiger partial charge in [0.1, 0.15) is 0 Å². The molecule has 1 N–H and O–H groups in total. The van der Waals surface area contributed by atoms with Crippen LogP contribution in [0.4, 0.5) is 0 Å². The van der Waals surface area contributed by atoms with Crippen LogP contribution in [0.15, 0.2) is 16.8 Å². The SMILES string of the molecule is COC(OC)C(C)NCc1ccsc1. The molecule has 1 heterocycles. The van der Waals surface area contributed by atoms with Crippen LogP contribution in [0.2, 0.25) is 0 Å². The molecule has 0 bridgehead atoms. The number of thiophene rings is 1. The Bertz CT molecular complexity index is 234. The van der Waals surface area contributed by atoms with Crippen LogP contribution in [0.5, 0.6) is 0 Å². The van der Waals surface area contributed by atoms with Crippen LogP contribution in [-0.4, -0.2) is 26.6 Å². The molecule has 0 fully saturated rings. The Morgan fingerprint density at radius 1 is 1.43 bits per heavy atom. The zero-order valence-corrected chi connectivity index (χ0v) is 9.64. The zero-order chi connectivity index (χ0) is 10.4. The van der Waals surface area contributed by atoms with Gasteiger partial charge in [-0.25, -0.2) is 0 Å². The standard InChI is InChI=1S/C10H17NO2S/c1-8(10(12-2)13-3)11-6-9-4-5-14-7-9/h4-5,7-8,10-11H,6H2,1-3H3. The molecule has 80 valence electrons. The fraction of sp³-hybridized carbons (Fsp3) is 0.600. The molecule has 0 aromatic carbocycles. The molecule has 0 aliphatic rings. The summed E-state index contributed by atoms with van der Waals surface area (Å²) in [6.07, 6.45) is -0.186. The van der Waals surface area contributed by atoms with Crippen LogP contribution in [0.1, 0.15) is 12.5 Å². The average Bonchev–Trinajstić information content (AvgIpc) is 2.69. The second-order valence-corrected chi connectivity index (χ2v) is 3.92. The van der Waals surface area contributed by atoms with Crippen molar-refractivity contribution in [2.24, 2.45) is 0 Å². The molecule has 1 rings (SSSR count). The van der Waals surface area contributed by atoms with E-state index in [0.717, 1.165) is 6.54 Å². The van der Waals surface area contributed by atoms with Gasteiger partial charge in [-0.15, -0.1) is 0 Å². The molecule has 0 spiro atoms. The molecule has 4 heteroatoms. The minimum atomic E-state index is -0.186. The highest BCUT2D eigenvalue weighted by Gasteiger charge is 2.14. The molecule has 1 unspecified atom stereocenters. The molecule has 0 aliphatic carbocycles. The molecule has 3 nitrogen and oxygen atoms in total. The van der Waals surface area contributed by atoms with E-state index in [1.54, 1.807) is 25.6 Å². The monoisotopic (exact) mass is 215 g/mol. The van der Waals surface area contributed by atoms with Gasteiger partial charge in [0.05, 0.1) is 6.04 Å². The lowest BCUT2D eigenvalue weighted by molar-refractivity contribution is -0.119. The van der Waals surface area contributed by atoms with Gasteiger partial charge in [-0.05, 0) is 29.3 Å². The quantitative estimate of drug-likeness (QED) is 0.735. The molecule has 1 aromatic heterocycles. The third kappa shape index (κ3) is 3.38. The first kappa shape index (κ1) is 11.7. The first-order valence-electron chi connectivity index (χ1n) is 4.58. The Kier molecular flexibility index (Phi) is 5.11. The summed E-state index contributed by atoms with van der Waals surface area (Å²) < 4.78 is 10.3. The second-order valence-electron chi connectivity index (χ2n) is 3.14. The normalized spacial score (nSPS) is 13.4. The van der Waals surface area contributed by atoms with Gasteiger partial charge in [-0.2, -0.15) is 11.3 Å². The van der Waals surface area contributed by atoms with Gasteiger partial charge in [0.15, 0.2) is 6.29 Å². The van der Waals surface area contributed by atoms with Crippen molar-refractivity contribution in [2.75, 3.05) is 14.2 Å². The summed E-state index contributed by atoms with van der Waals surface area (Å²) in [4.78, 5) is 0. The van der Waals surface area contributed by atoms with Gasteiger partial charge in [-0.1, -0.05) is 0 Å². The maximum atomic E-state index is 5.15. The smallest absolute Gasteiger partial charge is 0.171 e. The van der Waals surface area contributed by atoms with Crippen LogP contribution < -0.4 is 5.32 Å². The summed E-state index contributed by atoms with van der Waals surface area (Å²) in [5.41, 5.74) is 1.30. The van der Waals surface area contributed by atoms with Gasteiger partial charge in [0.25, 0.3) is 0 Å². The lowest BCUT2D eigenvalue weighted by atomic mass is 10.3. The number of methoxy groups -OCH3 is 2. The largest absolute Gasteiger partial charge is 0.354 e. The molecule has 1 atom stereocenters. The maximum Gasteiger partial charge on any atom is 0.171 e. The minimum Gasteiger partial charge on any atom is -0.354 e. The highest BCUT2D eigenvalue weighted by atomic mass is 32.1. The van der Waals surface area contributed by atoms with Crippen molar-refractivity contribution in [3.05, 3.63) is 22.4 Å². The van der Waals surface area contributed by atoms with Gasteiger partial charge >= 0.3 is 0 Å². The van der Waals surface area contributed by atoms with Gasteiger partial charge in [0, 0.05) is 20.8 Å². The predicted octanol–water partition coefficient (Wildman–Crippen LogP) is 1.85. The zero-order valence-electron chi connectivity index (χ0n) is 8.82. The van der Waals surface area contributed by atoms with E-state index >= 15 is 0 Å². The Morgan fingerprint density at radius 3 is 2.64 bits per heavy atom. The van der Waals surface area contributed by atoms with E-state index in [9.17, 15) is 0 Å². The molecule has 0 amide bonds. The molecule has 0 aliphatic heterocycles. The number of ether oxygens (including phenoxy) is 2. The van der Waals surface area contributed by atoms with E-state index in [1.807, 2.05) is 6.92 Å². The number of rotatable bonds is 6. The lowest BCUT2D eigenvalue weighted by Gasteiger charge is -2.21. The highest BCUT2D eigenvalue weighted by Crippen LogP contribution is 2.06. The van der Waals surface area contributed by atoms with Crippen LogP contribution in [-0.2, 0) is 16.0 Å². The summed E-state index contributed by atoms with van der Waals surface area (Å²) >= 11 is 1.71. The minimum absolute atomic E-state index is 0.185. The fourth-order valence-corrected chi connectivity index (χ4v) is 1.94. The van der Waals surface area contributed by atoms with Gasteiger partial charge in [-0.3, -0.25) is 0 Å². The Balaban J connectivity index is 2.30. The fourth-order valence-electron chi connectivity index (χ4n) is 1.27. The van der Waals surface area contributed by atoms with E-state index in [4.69, 9.17) is 9.47 Å². The lowest BCUT2D eigenvalue weighted by Crippen LogP contribution is -2.39. The first-order valence-corrected chi connectivity index (χ1v) is 5.52. The maximum absolute atomic E-state index is 5.15. The van der Waals surface area contributed by atoms with Gasteiger partial charge < -0.3 is 14.8 Å². The summed E-state index contributed by atoms with van der Waals surface area (Å²) in [6.45, 7) is 2.90. The number of hydrogen-bond acceptors (Lipinski definition) is 4. The van der Waals surface area contributed by atoms with Crippen LogP contribution in [0.25, 0.3) is 0 Å². The van der Waals surface area contributed by atoms with Crippen molar-refractivity contribution in [2.45, 2.75) is 25.8 Å². The first-order chi connectivity index (χ1) is 6.77. The summed E-state index contributed by atoms with van der Waals surface area (Å²) in [5, 5.41) is 7.55. The molecule has 0 saturated carbocycles. The van der Waals surface area contributed by atoms with Crippen LogP contribution >= 0.6 is 11.3 Å². The second kappa shape index (κ2) is 6.14. The molecule has 0 saturated heterocycles. The topological polar surface area (TPSA) is 30.5 Å².